The van der Waals surface area contributed by atoms with Crippen LogP contribution in [0, 0.1) is 19.7 Å². The summed E-state index contributed by atoms with van der Waals surface area (Å²) in [6, 6.07) is 6.29. The van der Waals surface area contributed by atoms with E-state index >= 15 is 4.39 Å². The summed E-state index contributed by atoms with van der Waals surface area (Å²) in [6.07, 6.45) is 5.58. The fourth-order valence-corrected chi connectivity index (χ4v) is 5.56. The number of allylic oxidation sites excluding steroid dienone is 1. The van der Waals surface area contributed by atoms with Gasteiger partial charge in [-0.2, -0.15) is 8.42 Å². The molecule has 1 amide bonds. The first-order valence-electron chi connectivity index (χ1n) is 14.5. The van der Waals surface area contributed by atoms with Gasteiger partial charge in [0.25, 0.3) is 16.0 Å². The van der Waals surface area contributed by atoms with Gasteiger partial charge in [-0.25, -0.2) is 4.39 Å². The highest BCUT2D eigenvalue weighted by atomic mass is 32.2. The molecule has 1 fully saturated rings. The number of esters is 1. The minimum Gasteiger partial charge on any atom is -0.493 e. The molecule has 1 saturated carbocycles. The summed E-state index contributed by atoms with van der Waals surface area (Å²) < 4.78 is 55.9. The van der Waals surface area contributed by atoms with Crippen molar-refractivity contribution < 1.29 is 36.1 Å². The lowest BCUT2D eigenvalue weighted by molar-refractivity contribution is -0.144. The van der Waals surface area contributed by atoms with E-state index in [0.717, 1.165) is 30.2 Å². The molecule has 1 aliphatic carbocycles. The van der Waals surface area contributed by atoms with Crippen LogP contribution in [0.1, 0.15) is 79.7 Å². The third kappa shape index (κ3) is 9.76. The fourth-order valence-electron chi connectivity index (χ4n) is 4.96. The molecule has 10 heteroatoms. The van der Waals surface area contributed by atoms with Crippen LogP contribution in [0.2, 0.25) is 0 Å². The van der Waals surface area contributed by atoms with E-state index in [2.05, 4.69) is 24.5 Å². The number of ether oxygens (including phenoxy) is 2. The van der Waals surface area contributed by atoms with E-state index in [0.29, 0.717) is 42.2 Å². The lowest BCUT2D eigenvalue weighted by atomic mass is 9.90. The number of benzene rings is 2. The van der Waals surface area contributed by atoms with Crippen molar-refractivity contribution in [2.75, 3.05) is 19.5 Å². The molecule has 0 saturated heterocycles. The highest BCUT2D eigenvalue weighted by Crippen LogP contribution is 2.45. The molecule has 0 unspecified atom stereocenters. The van der Waals surface area contributed by atoms with Crippen molar-refractivity contribution >= 4 is 22.0 Å². The first kappa shape index (κ1) is 34.0. The predicted molar refractivity (Wildman–Crippen MR) is 165 cm³/mol. The highest BCUT2D eigenvalue weighted by molar-refractivity contribution is 7.86. The van der Waals surface area contributed by atoms with E-state index in [1.165, 1.54) is 11.6 Å². The second kappa shape index (κ2) is 15.3. The van der Waals surface area contributed by atoms with E-state index in [1.807, 2.05) is 13.0 Å². The third-order valence-corrected chi connectivity index (χ3v) is 7.69. The average Bonchev–Trinajstić information content (AvgIpc) is 3.77. The second-order valence-corrected chi connectivity index (χ2v) is 12.4. The molecule has 1 aliphatic rings. The maximum Gasteiger partial charge on any atom is 0.308 e. The van der Waals surface area contributed by atoms with Gasteiger partial charge in [0.1, 0.15) is 11.6 Å². The third-order valence-electron chi connectivity index (χ3n) is 7.11. The van der Waals surface area contributed by atoms with Gasteiger partial charge in [-0.15, -0.1) is 13.2 Å². The molecule has 0 heterocycles. The summed E-state index contributed by atoms with van der Waals surface area (Å²) in [6.45, 7) is 13.1. The lowest BCUT2D eigenvalue weighted by Crippen LogP contribution is -2.40. The van der Waals surface area contributed by atoms with Crippen LogP contribution in [0.4, 0.5) is 4.39 Å². The molecular weight excluding hydrogens is 573 g/mol. The van der Waals surface area contributed by atoms with Gasteiger partial charge in [-0.05, 0) is 99.2 Å². The smallest absolute Gasteiger partial charge is 0.308 e. The van der Waals surface area contributed by atoms with Crippen molar-refractivity contribution in [1.82, 2.24) is 5.32 Å². The Kier molecular flexibility index (Phi) is 12.1. The Morgan fingerprint density at radius 3 is 2.40 bits per heavy atom. The Hall–Kier alpha value is -3.50. The van der Waals surface area contributed by atoms with Gasteiger partial charge < -0.3 is 14.8 Å². The number of carbonyl (C=O) groups is 2. The normalized spacial score (nSPS) is 14.4. The molecule has 0 aliphatic heterocycles. The highest BCUT2D eigenvalue weighted by Gasteiger charge is 2.30. The summed E-state index contributed by atoms with van der Waals surface area (Å²) in [5, 5.41) is 2.66. The van der Waals surface area contributed by atoms with Crippen LogP contribution in [-0.2, 0) is 28.6 Å². The van der Waals surface area contributed by atoms with Crippen molar-refractivity contribution in [1.29, 1.82) is 0 Å². The maximum atomic E-state index is 15.9. The van der Waals surface area contributed by atoms with Crippen LogP contribution in [0.5, 0.6) is 5.75 Å². The lowest BCUT2D eigenvalue weighted by Gasteiger charge is -2.24. The van der Waals surface area contributed by atoms with Crippen molar-refractivity contribution in [3.63, 3.8) is 0 Å². The number of aryl methyl sites for hydroxylation is 2. The van der Waals surface area contributed by atoms with Crippen molar-refractivity contribution in [2.45, 2.75) is 77.4 Å². The molecule has 2 atom stereocenters. The number of carbonyl (C=O) groups excluding carboxylic acids is 2. The predicted octanol–water partition coefficient (Wildman–Crippen LogP) is 6.36. The van der Waals surface area contributed by atoms with E-state index in [-0.39, 0.29) is 25.0 Å². The minimum atomic E-state index is -3.99. The van der Waals surface area contributed by atoms with Crippen LogP contribution < -0.4 is 10.1 Å². The quantitative estimate of drug-likeness (QED) is 0.0955. The fraction of sp³-hybridized carbons (Fsp3) is 0.455. The zero-order valence-electron chi connectivity index (χ0n) is 25.4. The summed E-state index contributed by atoms with van der Waals surface area (Å²) in [7, 11) is -3.99. The van der Waals surface area contributed by atoms with Crippen LogP contribution in [0.25, 0.3) is 11.1 Å². The number of hydrogen-bond donors (Lipinski definition) is 1. The molecule has 234 valence electrons. The molecule has 0 radical (unpaired) electrons. The Labute approximate surface area is 254 Å². The van der Waals surface area contributed by atoms with Gasteiger partial charge in [0.15, 0.2) is 6.10 Å². The number of hydrogen-bond acceptors (Lipinski definition) is 7. The zero-order chi connectivity index (χ0) is 31.7. The number of rotatable bonds is 17. The standard InChI is InChI=1S/C33H42FNO7S/c1-7-10-12-28(42-43(6,38)39)33(37)35-27(20-30(36)40-9-3)26-18-25(17-22(5)32(26)34)31-21(4)16-24(23-13-14-23)19-29(31)41-15-11-8-2/h7-8,16-19,23,27-28H,1-2,9-15,20H2,3-6H3,(H,35,37)/t27-,28+/m0/s1. The summed E-state index contributed by atoms with van der Waals surface area (Å²) in [4.78, 5) is 26.0. The first-order valence-corrected chi connectivity index (χ1v) is 16.3. The van der Waals surface area contributed by atoms with Gasteiger partial charge in [0, 0.05) is 11.1 Å². The molecule has 0 spiro atoms. The van der Waals surface area contributed by atoms with Crippen LogP contribution in [-0.4, -0.2) is 45.9 Å². The number of halogens is 1. The molecule has 1 N–H and O–H groups in total. The van der Waals surface area contributed by atoms with Crippen LogP contribution in [0.3, 0.4) is 0 Å². The van der Waals surface area contributed by atoms with Crippen molar-refractivity contribution in [3.05, 3.63) is 77.6 Å². The Morgan fingerprint density at radius 1 is 1.09 bits per heavy atom. The second-order valence-electron chi connectivity index (χ2n) is 10.8. The largest absolute Gasteiger partial charge is 0.493 e. The summed E-state index contributed by atoms with van der Waals surface area (Å²) in [5.74, 6) is -0.903. The van der Waals surface area contributed by atoms with E-state index in [9.17, 15) is 18.0 Å². The van der Waals surface area contributed by atoms with Gasteiger partial charge in [-0.1, -0.05) is 18.2 Å². The molecule has 8 nitrogen and oxygen atoms in total. The average molecular weight is 616 g/mol. The summed E-state index contributed by atoms with van der Waals surface area (Å²) in [5.41, 5.74) is 3.93. The van der Waals surface area contributed by atoms with E-state index in [1.54, 1.807) is 32.1 Å². The number of amides is 1. The maximum absolute atomic E-state index is 15.9. The van der Waals surface area contributed by atoms with Gasteiger partial charge >= 0.3 is 5.97 Å². The SMILES string of the molecule is C=CCCOc1cc(C2CC2)cc(C)c1-c1cc(C)c(F)c([C@H](CC(=O)OCC)NC(=O)[C@@H](CCC=C)OS(C)(=O)=O)c1. The topological polar surface area (TPSA) is 108 Å². The van der Waals surface area contributed by atoms with Gasteiger partial charge in [-0.3, -0.25) is 13.8 Å². The molecule has 2 aromatic rings. The molecule has 3 rings (SSSR count). The van der Waals surface area contributed by atoms with Crippen molar-refractivity contribution in [3.8, 4) is 16.9 Å². The van der Waals surface area contributed by atoms with Gasteiger partial charge in [0.05, 0.1) is 31.9 Å². The van der Waals surface area contributed by atoms with E-state index < -0.39 is 40.0 Å². The Balaban J connectivity index is 2.10. The number of nitrogens with one attached hydrogen (secondary N) is 1. The molecule has 0 aromatic heterocycles. The summed E-state index contributed by atoms with van der Waals surface area (Å²) >= 11 is 0. The van der Waals surface area contributed by atoms with Crippen LogP contribution in [0.15, 0.2) is 49.6 Å². The van der Waals surface area contributed by atoms with E-state index in [4.69, 9.17) is 13.7 Å². The Bertz CT molecular complexity index is 1450. The molecule has 0 bridgehead atoms. The zero-order valence-corrected chi connectivity index (χ0v) is 26.2. The van der Waals surface area contributed by atoms with Crippen LogP contribution >= 0.6 is 0 Å². The Morgan fingerprint density at radius 2 is 1.79 bits per heavy atom. The monoisotopic (exact) mass is 615 g/mol. The molecular formula is C33H42FNO7S. The molecule has 43 heavy (non-hydrogen) atoms. The minimum absolute atomic E-state index is 0.0218. The van der Waals surface area contributed by atoms with Gasteiger partial charge in [0.2, 0.25) is 0 Å². The van der Waals surface area contributed by atoms with Crippen molar-refractivity contribution in [2.24, 2.45) is 0 Å². The first-order chi connectivity index (χ1) is 20.4. The molecule has 2 aromatic carbocycles.